The fourth-order valence-corrected chi connectivity index (χ4v) is 1.70. The summed E-state index contributed by atoms with van der Waals surface area (Å²) >= 11 is 0. The van der Waals surface area contributed by atoms with Crippen molar-refractivity contribution in [3.8, 4) is 0 Å². The minimum atomic E-state index is -0.747. The van der Waals surface area contributed by atoms with Crippen LogP contribution in [0.2, 0.25) is 0 Å². The van der Waals surface area contributed by atoms with Crippen LogP contribution in [0.25, 0.3) is 0 Å². The Balaban J connectivity index is 1.73. The Labute approximate surface area is 138 Å². The number of benzene rings is 1. The molecule has 6 nitrogen and oxygen atoms in total. The lowest BCUT2D eigenvalue weighted by Gasteiger charge is -2.08. The van der Waals surface area contributed by atoms with E-state index in [9.17, 15) is 0 Å². The van der Waals surface area contributed by atoms with Gasteiger partial charge in [-0.1, -0.05) is 30.3 Å². The zero-order valence-corrected chi connectivity index (χ0v) is 13.8. The van der Waals surface area contributed by atoms with Crippen molar-refractivity contribution < 1.29 is 28.8 Å². The van der Waals surface area contributed by atoms with Crippen molar-refractivity contribution in [3.05, 3.63) is 35.9 Å². The van der Waals surface area contributed by atoms with Crippen molar-refractivity contribution in [2.24, 2.45) is 0 Å². The van der Waals surface area contributed by atoms with E-state index in [0.717, 1.165) is 5.56 Å². The van der Waals surface area contributed by atoms with Gasteiger partial charge in [0.1, 0.15) is 0 Å². The molecule has 0 saturated carbocycles. The Hall–Kier alpha value is -1.02. The standard InChI is InChI=1S/C17H28O6/c1-16(18)23-14-13-21-10-9-19-7-8-20-11-12-22-15-17-5-3-2-4-6-17/h2-6,16,18H,7-15H2,1H3. The summed E-state index contributed by atoms with van der Waals surface area (Å²) in [6.45, 7) is 6.22. The quantitative estimate of drug-likeness (QED) is 0.390. The molecule has 1 atom stereocenters. The Bertz CT molecular complexity index is 357. The summed E-state index contributed by atoms with van der Waals surface area (Å²) in [5.74, 6) is 0. The van der Waals surface area contributed by atoms with Gasteiger partial charge in [-0.3, -0.25) is 0 Å². The van der Waals surface area contributed by atoms with Crippen LogP contribution in [0.3, 0.4) is 0 Å². The Morgan fingerprint density at radius 3 is 1.74 bits per heavy atom. The highest BCUT2D eigenvalue weighted by molar-refractivity contribution is 5.13. The highest BCUT2D eigenvalue weighted by Gasteiger charge is 1.95. The maximum atomic E-state index is 8.86. The largest absolute Gasteiger partial charge is 0.377 e. The average molecular weight is 328 g/mol. The van der Waals surface area contributed by atoms with Crippen molar-refractivity contribution in [2.45, 2.75) is 19.8 Å². The summed E-state index contributed by atoms with van der Waals surface area (Å²) in [4.78, 5) is 0. The molecule has 0 aliphatic heterocycles. The van der Waals surface area contributed by atoms with E-state index in [-0.39, 0.29) is 0 Å². The second-order valence-electron chi connectivity index (χ2n) is 4.85. The van der Waals surface area contributed by atoms with E-state index in [4.69, 9.17) is 28.8 Å². The third kappa shape index (κ3) is 13.1. The zero-order valence-electron chi connectivity index (χ0n) is 13.8. The smallest absolute Gasteiger partial charge is 0.151 e. The van der Waals surface area contributed by atoms with E-state index in [0.29, 0.717) is 59.5 Å². The first-order valence-corrected chi connectivity index (χ1v) is 7.93. The molecule has 132 valence electrons. The Morgan fingerprint density at radius 1 is 0.739 bits per heavy atom. The minimum absolute atomic E-state index is 0.379. The van der Waals surface area contributed by atoms with Crippen LogP contribution in [0, 0.1) is 0 Å². The molecular formula is C17H28O6. The molecule has 0 saturated heterocycles. The highest BCUT2D eigenvalue weighted by atomic mass is 16.6. The molecule has 1 N–H and O–H groups in total. The average Bonchev–Trinajstić information content (AvgIpc) is 2.56. The van der Waals surface area contributed by atoms with Gasteiger partial charge in [-0.2, -0.15) is 0 Å². The maximum Gasteiger partial charge on any atom is 0.151 e. The van der Waals surface area contributed by atoms with Crippen molar-refractivity contribution in [2.75, 3.05) is 52.9 Å². The van der Waals surface area contributed by atoms with E-state index in [1.54, 1.807) is 6.92 Å². The van der Waals surface area contributed by atoms with Crippen LogP contribution in [-0.4, -0.2) is 64.3 Å². The van der Waals surface area contributed by atoms with Crippen LogP contribution >= 0.6 is 0 Å². The van der Waals surface area contributed by atoms with E-state index >= 15 is 0 Å². The number of aliphatic hydroxyl groups excluding tert-OH is 1. The Kier molecular flexibility index (Phi) is 12.7. The molecule has 0 aromatic heterocycles. The molecule has 1 aromatic rings. The van der Waals surface area contributed by atoms with Gasteiger partial charge in [0.25, 0.3) is 0 Å². The molecule has 6 heteroatoms. The van der Waals surface area contributed by atoms with Crippen LogP contribution in [0.15, 0.2) is 30.3 Å². The first-order valence-electron chi connectivity index (χ1n) is 7.93. The highest BCUT2D eigenvalue weighted by Crippen LogP contribution is 1.99. The Morgan fingerprint density at radius 2 is 1.22 bits per heavy atom. The van der Waals surface area contributed by atoms with Crippen molar-refractivity contribution in [3.63, 3.8) is 0 Å². The monoisotopic (exact) mass is 328 g/mol. The van der Waals surface area contributed by atoms with Crippen molar-refractivity contribution in [1.82, 2.24) is 0 Å². The summed E-state index contributed by atoms with van der Waals surface area (Å²) in [5.41, 5.74) is 1.16. The van der Waals surface area contributed by atoms with Gasteiger partial charge in [0.05, 0.1) is 59.5 Å². The second-order valence-corrected chi connectivity index (χ2v) is 4.85. The third-order valence-electron chi connectivity index (χ3n) is 2.81. The molecule has 0 aliphatic rings. The summed E-state index contributed by atoms with van der Waals surface area (Å²) < 4.78 is 26.4. The molecule has 23 heavy (non-hydrogen) atoms. The van der Waals surface area contributed by atoms with Crippen LogP contribution < -0.4 is 0 Å². The van der Waals surface area contributed by atoms with Gasteiger partial charge in [-0.05, 0) is 12.5 Å². The van der Waals surface area contributed by atoms with Gasteiger partial charge < -0.3 is 28.8 Å². The summed E-state index contributed by atoms with van der Waals surface area (Å²) in [6.07, 6.45) is -0.747. The van der Waals surface area contributed by atoms with E-state index in [1.165, 1.54) is 0 Å². The van der Waals surface area contributed by atoms with Crippen LogP contribution in [0.5, 0.6) is 0 Å². The van der Waals surface area contributed by atoms with Gasteiger partial charge in [0.2, 0.25) is 0 Å². The normalized spacial score (nSPS) is 12.4. The molecule has 0 heterocycles. The lowest BCUT2D eigenvalue weighted by atomic mass is 10.2. The van der Waals surface area contributed by atoms with Gasteiger partial charge in [0, 0.05) is 0 Å². The lowest BCUT2D eigenvalue weighted by molar-refractivity contribution is -0.102. The fraction of sp³-hybridized carbons (Fsp3) is 0.647. The lowest BCUT2D eigenvalue weighted by Crippen LogP contribution is -2.15. The fourth-order valence-electron chi connectivity index (χ4n) is 1.70. The molecule has 1 aromatic carbocycles. The molecule has 0 radical (unpaired) electrons. The molecular weight excluding hydrogens is 300 g/mol. The SMILES string of the molecule is CC(O)OCCOCCOCCOCCOCc1ccccc1. The first-order chi connectivity index (χ1) is 11.3. The molecule has 1 rings (SSSR count). The van der Waals surface area contributed by atoms with Gasteiger partial charge in [-0.25, -0.2) is 0 Å². The van der Waals surface area contributed by atoms with Gasteiger partial charge in [0.15, 0.2) is 6.29 Å². The van der Waals surface area contributed by atoms with Gasteiger partial charge >= 0.3 is 0 Å². The topological polar surface area (TPSA) is 66.4 Å². The van der Waals surface area contributed by atoms with Crippen molar-refractivity contribution >= 4 is 0 Å². The third-order valence-corrected chi connectivity index (χ3v) is 2.81. The molecule has 0 bridgehead atoms. The molecule has 0 fully saturated rings. The van der Waals surface area contributed by atoms with Crippen LogP contribution in [-0.2, 0) is 30.3 Å². The molecule has 0 amide bonds. The molecule has 0 spiro atoms. The second kappa shape index (κ2) is 14.6. The number of aliphatic hydroxyl groups is 1. The number of hydrogen-bond acceptors (Lipinski definition) is 6. The summed E-state index contributed by atoms with van der Waals surface area (Å²) in [7, 11) is 0. The molecule has 0 aliphatic carbocycles. The summed E-state index contributed by atoms with van der Waals surface area (Å²) in [5, 5.41) is 8.86. The minimum Gasteiger partial charge on any atom is -0.377 e. The van der Waals surface area contributed by atoms with E-state index in [2.05, 4.69) is 0 Å². The van der Waals surface area contributed by atoms with Crippen molar-refractivity contribution in [1.29, 1.82) is 0 Å². The van der Waals surface area contributed by atoms with E-state index < -0.39 is 6.29 Å². The van der Waals surface area contributed by atoms with E-state index in [1.807, 2.05) is 30.3 Å². The number of hydrogen-bond donors (Lipinski definition) is 1. The zero-order chi connectivity index (χ0) is 16.6. The maximum absolute atomic E-state index is 8.86. The number of rotatable bonds is 15. The predicted molar refractivity (Wildman–Crippen MR) is 86.2 cm³/mol. The van der Waals surface area contributed by atoms with Gasteiger partial charge in [-0.15, -0.1) is 0 Å². The summed E-state index contributed by atoms with van der Waals surface area (Å²) in [6, 6.07) is 10.1. The predicted octanol–water partition coefficient (Wildman–Crippen LogP) is 1.61. The number of ether oxygens (including phenoxy) is 5. The van der Waals surface area contributed by atoms with Crippen LogP contribution in [0.1, 0.15) is 12.5 Å². The molecule has 1 unspecified atom stereocenters. The first kappa shape index (κ1) is 20.0. The van der Waals surface area contributed by atoms with Crippen LogP contribution in [0.4, 0.5) is 0 Å².